The average Bonchev–Trinajstić information content (AvgIpc) is 2.80. The van der Waals surface area contributed by atoms with Crippen molar-refractivity contribution in [2.45, 2.75) is 197 Å². The topological polar surface area (TPSA) is 120 Å². The van der Waals surface area contributed by atoms with E-state index in [-0.39, 0.29) is 60.1 Å². The number of carboxylic acids is 3. The van der Waals surface area contributed by atoms with Crippen LogP contribution in [0.25, 0.3) is 0 Å². The summed E-state index contributed by atoms with van der Waals surface area (Å²) in [6, 6.07) is 0. The first-order chi connectivity index (χ1) is 19.2. The molecule has 0 bridgehead atoms. The van der Waals surface area contributed by atoms with Crippen molar-refractivity contribution in [1.29, 1.82) is 0 Å². The molecule has 43 heavy (non-hydrogen) atoms. The van der Waals surface area contributed by atoms with Crippen LogP contribution in [0.15, 0.2) is 0 Å². The molecule has 0 aliphatic carbocycles. The number of rotatable bonds is 21. The molecule has 0 atom stereocenters. The van der Waals surface area contributed by atoms with Crippen LogP contribution >= 0.6 is 0 Å². The van der Waals surface area contributed by atoms with E-state index in [9.17, 15) is 29.7 Å². The van der Waals surface area contributed by atoms with Gasteiger partial charge in [0.2, 0.25) is 0 Å². The van der Waals surface area contributed by atoms with Crippen molar-refractivity contribution in [3.63, 3.8) is 0 Å². The molecule has 0 fully saturated rings. The zero-order valence-electron chi connectivity index (χ0n) is 29.8. The van der Waals surface area contributed by atoms with E-state index in [0.717, 1.165) is 57.8 Å². The van der Waals surface area contributed by atoms with Crippen LogP contribution in [0.3, 0.4) is 0 Å². The van der Waals surface area contributed by atoms with Gasteiger partial charge in [0, 0.05) is 17.9 Å². The Morgan fingerprint density at radius 3 is 0.674 bits per heavy atom. The molecule has 0 aliphatic heterocycles. The van der Waals surface area contributed by atoms with Gasteiger partial charge < -0.3 is 29.7 Å². The number of carbonyl (C=O) groups is 3. The van der Waals surface area contributed by atoms with Crippen LogP contribution in [-0.4, -0.2) is 17.9 Å². The van der Waals surface area contributed by atoms with Gasteiger partial charge in [-0.15, -0.1) is 0 Å². The van der Waals surface area contributed by atoms with Gasteiger partial charge in [0.1, 0.15) is 0 Å². The number of unbranched alkanes of at least 4 members (excludes halogenated alkanes) is 12. The minimum absolute atomic E-state index is 0. The van der Waals surface area contributed by atoms with E-state index < -0.39 is 17.9 Å². The Balaban J connectivity index is -0.000000262. The number of hydrogen-bond acceptors (Lipinski definition) is 6. The third kappa shape index (κ3) is 61.5. The second-order valence-corrected chi connectivity index (χ2v) is 15.6. The van der Waals surface area contributed by atoms with Crippen molar-refractivity contribution in [2.75, 3.05) is 0 Å². The Morgan fingerprint density at radius 2 is 0.512 bits per heavy atom. The SMILES string of the molecule is CC(C)(C)CCCCCCCC(=O)[O-].CC(C)(C)CCCCCCCC(=O)[O-].CC(C)(C)CCCCCCCC(=O)[O-].[Nd+3]. The zero-order valence-corrected chi connectivity index (χ0v) is 33.0. The molecular formula is C36H69NdO6. The standard InChI is InChI=1S/3C12H24O2.Nd/c3*1-12(2,3)10-8-6-4-5-7-9-11(13)14;/h3*4-10H2,1-3H3,(H,13,14);/q;;;+3/p-3. The Kier molecular flexibility index (Phi) is 35.1. The maximum Gasteiger partial charge on any atom is 3.00 e. The first kappa shape index (κ1) is 49.6. The molecule has 6 nitrogen and oxygen atoms in total. The maximum absolute atomic E-state index is 10.1. The van der Waals surface area contributed by atoms with Crippen molar-refractivity contribution < 1.29 is 70.5 Å². The molecule has 0 aromatic carbocycles. The Morgan fingerprint density at radius 1 is 0.349 bits per heavy atom. The molecule has 253 valence electrons. The molecule has 0 heterocycles. The van der Waals surface area contributed by atoms with Gasteiger partial charge >= 0.3 is 40.8 Å². The van der Waals surface area contributed by atoms with E-state index in [1.165, 1.54) is 57.8 Å². The van der Waals surface area contributed by atoms with Crippen molar-refractivity contribution in [2.24, 2.45) is 16.2 Å². The van der Waals surface area contributed by atoms with Crippen molar-refractivity contribution in [3.05, 3.63) is 0 Å². The molecule has 0 spiro atoms. The molecule has 0 saturated carbocycles. The normalized spacial score (nSPS) is 11.4. The second kappa shape index (κ2) is 30.4. The fourth-order valence-electron chi connectivity index (χ4n) is 4.36. The van der Waals surface area contributed by atoms with Crippen LogP contribution in [0.5, 0.6) is 0 Å². The van der Waals surface area contributed by atoms with E-state index in [2.05, 4.69) is 62.3 Å². The molecule has 0 rings (SSSR count). The largest absolute Gasteiger partial charge is 3.00 e. The van der Waals surface area contributed by atoms with E-state index in [0.29, 0.717) is 16.2 Å². The zero-order chi connectivity index (χ0) is 33.1. The minimum atomic E-state index is -0.917. The molecular weight excluding hydrogens is 673 g/mol. The minimum Gasteiger partial charge on any atom is -0.550 e. The number of hydrogen-bond donors (Lipinski definition) is 0. The molecule has 0 N–H and O–H groups in total. The van der Waals surface area contributed by atoms with Gasteiger partial charge in [-0.05, 0) is 74.0 Å². The summed E-state index contributed by atoms with van der Waals surface area (Å²) in [7, 11) is 0. The van der Waals surface area contributed by atoms with Crippen LogP contribution in [0.2, 0.25) is 0 Å². The summed E-state index contributed by atoms with van der Waals surface area (Å²) in [6.07, 6.45) is 20.8. The van der Waals surface area contributed by atoms with Gasteiger partial charge in [0.25, 0.3) is 0 Å². The Labute approximate surface area is 299 Å². The molecule has 7 heteroatoms. The third-order valence-electron chi connectivity index (χ3n) is 6.92. The van der Waals surface area contributed by atoms with E-state index in [1.54, 1.807) is 0 Å². The molecule has 0 aromatic heterocycles. The van der Waals surface area contributed by atoms with Gasteiger partial charge in [0.15, 0.2) is 0 Å². The third-order valence-corrected chi connectivity index (χ3v) is 6.92. The fourth-order valence-corrected chi connectivity index (χ4v) is 4.36. The van der Waals surface area contributed by atoms with Gasteiger partial charge in [-0.1, -0.05) is 139 Å². The van der Waals surface area contributed by atoms with Crippen LogP contribution in [0, 0.1) is 57.1 Å². The Bertz CT molecular complexity index is 566. The predicted molar refractivity (Wildman–Crippen MR) is 170 cm³/mol. The second-order valence-electron chi connectivity index (χ2n) is 15.6. The molecule has 0 unspecified atom stereocenters. The fraction of sp³-hybridized carbons (Fsp3) is 0.917. The van der Waals surface area contributed by atoms with Crippen LogP contribution in [0.1, 0.15) is 197 Å². The monoisotopic (exact) mass is 739 g/mol. The number of carboxylic acid groups (broad SMARTS) is 3. The smallest absolute Gasteiger partial charge is 0.550 e. The predicted octanol–water partition coefficient (Wildman–Crippen LogP) is 7.54. The van der Waals surface area contributed by atoms with Gasteiger partial charge in [-0.3, -0.25) is 0 Å². The molecule has 1 radical (unpaired) electrons. The van der Waals surface area contributed by atoms with E-state index in [4.69, 9.17) is 0 Å². The number of carbonyl (C=O) groups excluding carboxylic acids is 3. The quantitative estimate of drug-likeness (QED) is 0.112. The van der Waals surface area contributed by atoms with Crippen molar-refractivity contribution in [3.8, 4) is 0 Å². The summed E-state index contributed by atoms with van der Waals surface area (Å²) in [5.74, 6) is -2.75. The van der Waals surface area contributed by atoms with Crippen LogP contribution in [-0.2, 0) is 14.4 Å². The Hall–Kier alpha value is -0.239. The summed E-state index contributed by atoms with van der Waals surface area (Å²) in [6.45, 7) is 20.3. The van der Waals surface area contributed by atoms with Crippen molar-refractivity contribution >= 4 is 17.9 Å². The molecule has 0 amide bonds. The van der Waals surface area contributed by atoms with E-state index >= 15 is 0 Å². The van der Waals surface area contributed by atoms with E-state index in [1.807, 2.05) is 0 Å². The first-order valence-corrected chi connectivity index (χ1v) is 16.8. The van der Waals surface area contributed by atoms with Crippen LogP contribution in [0.4, 0.5) is 0 Å². The maximum atomic E-state index is 10.1. The summed E-state index contributed by atoms with van der Waals surface area (Å²) in [4.78, 5) is 30.3. The summed E-state index contributed by atoms with van der Waals surface area (Å²) < 4.78 is 0. The summed E-state index contributed by atoms with van der Waals surface area (Å²) in [5, 5.41) is 30.3. The van der Waals surface area contributed by atoms with Gasteiger partial charge in [-0.25, -0.2) is 0 Å². The summed E-state index contributed by atoms with van der Waals surface area (Å²) in [5.41, 5.74) is 1.31. The van der Waals surface area contributed by atoms with Crippen LogP contribution < -0.4 is 15.3 Å². The molecule has 0 aromatic rings. The summed E-state index contributed by atoms with van der Waals surface area (Å²) >= 11 is 0. The average molecular weight is 742 g/mol. The van der Waals surface area contributed by atoms with Gasteiger partial charge in [0.05, 0.1) is 0 Å². The van der Waals surface area contributed by atoms with Gasteiger partial charge in [-0.2, -0.15) is 0 Å². The molecule has 0 saturated heterocycles. The van der Waals surface area contributed by atoms with Crippen molar-refractivity contribution in [1.82, 2.24) is 0 Å². The number of aliphatic carboxylic acids is 3. The molecule has 0 aliphatic rings. The first-order valence-electron chi connectivity index (χ1n) is 16.8.